The molecule has 2 aromatic rings. The summed E-state index contributed by atoms with van der Waals surface area (Å²) in [7, 11) is 0. The van der Waals surface area contributed by atoms with Crippen LogP contribution in [0.5, 0.6) is 0 Å². The van der Waals surface area contributed by atoms with Gasteiger partial charge in [-0.05, 0) is 81.3 Å². The van der Waals surface area contributed by atoms with Crippen LogP contribution in [0.1, 0.15) is 53.6 Å². The van der Waals surface area contributed by atoms with Crippen molar-refractivity contribution in [3.05, 3.63) is 53.2 Å². The van der Waals surface area contributed by atoms with Crippen molar-refractivity contribution in [2.45, 2.75) is 46.0 Å². The maximum atomic E-state index is 12.8. The standard InChI is InChI=1S/C25H32N4O2/c1-18-6-7-22(16-19(18)2)27-24(30)20-9-14-28(15-10-20)23-17-21(8-11-26-23)25(31)29-12-4-3-5-13-29/h6-8,11,16-17,20H,3-5,9-10,12-15H2,1-2H3,(H,27,30). The van der Waals surface area contributed by atoms with Gasteiger partial charge in [0.25, 0.3) is 5.91 Å². The number of carbonyl (C=O) groups excluding carboxylic acids is 2. The number of rotatable bonds is 4. The Morgan fingerprint density at radius 3 is 2.39 bits per heavy atom. The molecule has 2 fully saturated rings. The maximum Gasteiger partial charge on any atom is 0.254 e. The van der Waals surface area contributed by atoms with E-state index in [1.807, 2.05) is 35.2 Å². The van der Waals surface area contributed by atoms with Crippen molar-refractivity contribution in [1.29, 1.82) is 0 Å². The van der Waals surface area contributed by atoms with E-state index in [1.54, 1.807) is 6.20 Å². The van der Waals surface area contributed by atoms with Crippen LogP contribution in [-0.4, -0.2) is 47.9 Å². The van der Waals surface area contributed by atoms with Crippen LogP contribution in [0.4, 0.5) is 11.5 Å². The van der Waals surface area contributed by atoms with E-state index in [0.717, 1.165) is 63.4 Å². The number of aryl methyl sites for hydroxylation is 2. The van der Waals surface area contributed by atoms with Gasteiger partial charge in [0.15, 0.2) is 0 Å². The van der Waals surface area contributed by atoms with Gasteiger partial charge in [-0.15, -0.1) is 0 Å². The molecule has 2 amide bonds. The molecule has 1 N–H and O–H groups in total. The van der Waals surface area contributed by atoms with Gasteiger partial charge in [-0.25, -0.2) is 4.98 Å². The highest BCUT2D eigenvalue weighted by Gasteiger charge is 2.26. The third kappa shape index (κ3) is 5.06. The van der Waals surface area contributed by atoms with E-state index >= 15 is 0 Å². The number of aromatic nitrogens is 1. The first-order chi connectivity index (χ1) is 15.0. The highest BCUT2D eigenvalue weighted by molar-refractivity contribution is 5.95. The normalized spacial score (nSPS) is 17.5. The monoisotopic (exact) mass is 420 g/mol. The molecular weight excluding hydrogens is 388 g/mol. The first-order valence-corrected chi connectivity index (χ1v) is 11.4. The lowest BCUT2D eigenvalue weighted by atomic mass is 9.95. The number of piperidine rings is 2. The van der Waals surface area contributed by atoms with Gasteiger partial charge in [0, 0.05) is 49.5 Å². The summed E-state index contributed by atoms with van der Waals surface area (Å²) < 4.78 is 0. The quantitative estimate of drug-likeness (QED) is 0.806. The Hall–Kier alpha value is -2.89. The second-order valence-corrected chi connectivity index (χ2v) is 8.81. The van der Waals surface area contributed by atoms with Crippen molar-refractivity contribution in [3.8, 4) is 0 Å². The molecule has 2 aliphatic heterocycles. The van der Waals surface area contributed by atoms with Crippen molar-refractivity contribution in [2.24, 2.45) is 5.92 Å². The van der Waals surface area contributed by atoms with Gasteiger partial charge in [0.1, 0.15) is 5.82 Å². The van der Waals surface area contributed by atoms with Gasteiger partial charge in [-0.1, -0.05) is 6.07 Å². The van der Waals surface area contributed by atoms with E-state index in [0.29, 0.717) is 5.56 Å². The summed E-state index contributed by atoms with van der Waals surface area (Å²) in [5, 5.41) is 3.07. The predicted molar refractivity (Wildman–Crippen MR) is 123 cm³/mol. The molecule has 1 aromatic heterocycles. The molecule has 6 heteroatoms. The van der Waals surface area contributed by atoms with E-state index in [4.69, 9.17) is 0 Å². The van der Waals surface area contributed by atoms with Crippen molar-refractivity contribution < 1.29 is 9.59 Å². The minimum Gasteiger partial charge on any atom is -0.357 e. The van der Waals surface area contributed by atoms with Gasteiger partial charge >= 0.3 is 0 Å². The molecule has 2 aliphatic rings. The Morgan fingerprint density at radius 2 is 1.68 bits per heavy atom. The molecule has 0 spiro atoms. The number of hydrogen-bond acceptors (Lipinski definition) is 4. The maximum absolute atomic E-state index is 12.8. The summed E-state index contributed by atoms with van der Waals surface area (Å²) in [5.74, 6) is 1.02. The van der Waals surface area contributed by atoms with Crippen molar-refractivity contribution in [3.63, 3.8) is 0 Å². The van der Waals surface area contributed by atoms with Gasteiger partial charge < -0.3 is 15.1 Å². The lowest BCUT2D eigenvalue weighted by Gasteiger charge is -2.32. The van der Waals surface area contributed by atoms with Crippen LogP contribution < -0.4 is 10.2 Å². The predicted octanol–water partition coefficient (Wildman–Crippen LogP) is 4.18. The third-order valence-corrected chi connectivity index (χ3v) is 6.60. The second kappa shape index (κ2) is 9.50. The van der Waals surface area contributed by atoms with Gasteiger partial charge in [0.05, 0.1) is 0 Å². The molecule has 3 heterocycles. The molecule has 164 valence electrons. The fourth-order valence-electron chi connectivity index (χ4n) is 4.44. The van der Waals surface area contributed by atoms with Crippen LogP contribution in [0, 0.1) is 19.8 Å². The first-order valence-electron chi connectivity index (χ1n) is 11.4. The summed E-state index contributed by atoms with van der Waals surface area (Å²) in [6, 6.07) is 9.75. The van der Waals surface area contributed by atoms with Crippen molar-refractivity contribution in [1.82, 2.24) is 9.88 Å². The second-order valence-electron chi connectivity index (χ2n) is 8.81. The highest BCUT2D eigenvalue weighted by atomic mass is 16.2. The minimum atomic E-state index is -0.00368. The highest BCUT2D eigenvalue weighted by Crippen LogP contribution is 2.25. The van der Waals surface area contributed by atoms with Crippen LogP contribution in [0.2, 0.25) is 0 Å². The van der Waals surface area contributed by atoms with Crippen LogP contribution in [0.3, 0.4) is 0 Å². The number of benzene rings is 1. The number of carbonyl (C=O) groups is 2. The Labute approximate surface area is 184 Å². The van der Waals surface area contributed by atoms with Crippen LogP contribution in [-0.2, 0) is 4.79 Å². The summed E-state index contributed by atoms with van der Waals surface area (Å²) >= 11 is 0. The smallest absolute Gasteiger partial charge is 0.254 e. The summed E-state index contributed by atoms with van der Waals surface area (Å²) in [6.45, 7) is 7.34. The summed E-state index contributed by atoms with van der Waals surface area (Å²) in [4.78, 5) is 34.2. The van der Waals surface area contributed by atoms with E-state index < -0.39 is 0 Å². The van der Waals surface area contributed by atoms with E-state index in [-0.39, 0.29) is 17.7 Å². The van der Waals surface area contributed by atoms with E-state index in [2.05, 4.69) is 29.0 Å². The van der Waals surface area contributed by atoms with Crippen LogP contribution >= 0.6 is 0 Å². The van der Waals surface area contributed by atoms with Crippen molar-refractivity contribution in [2.75, 3.05) is 36.4 Å². The zero-order chi connectivity index (χ0) is 21.8. The van der Waals surface area contributed by atoms with Gasteiger partial charge in [0.2, 0.25) is 5.91 Å². The van der Waals surface area contributed by atoms with Crippen molar-refractivity contribution >= 4 is 23.3 Å². The SMILES string of the molecule is Cc1ccc(NC(=O)C2CCN(c3cc(C(=O)N4CCCCC4)ccn3)CC2)cc1C. The topological polar surface area (TPSA) is 65.5 Å². The lowest BCUT2D eigenvalue weighted by Crippen LogP contribution is -2.39. The number of nitrogens with one attached hydrogen (secondary N) is 1. The molecule has 0 bridgehead atoms. The largest absolute Gasteiger partial charge is 0.357 e. The summed E-state index contributed by atoms with van der Waals surface area (Å²) in [5.41, 5.74) is 3.97. The van der Waals surface area contributed by atoms with Crippen LogP contribution in [0.15, 0.2) is 36.5 Å². The molecule has 0 radical (unpaired) electrons. The molecule has 1 aromatic carbocycles. The average Bonchev–Trinajstić information content (AvgIpc) is 2.82. The Kier molecular flexibility index (Phi) is 6.54. The number of hydrogen-bond donors (Lipinski definition) is 1. The first kappa shape index (κ1) is 21.3. The molecule has 6 nitrogen and oxygen atoms in total. The Morgan fingerprint density at radius 1 is 0.935 bits per heavy atom. The van der Waals surface area contributed by atoms with Crippen LogP contribution in [0.25, 0.3) is 0 Å². The van der Waals surface area contributed by atoms with Gasteiger partial charge in [-0.2, -0.15) is 0 Å². The van der Waals surface area contributed by atoms with Gasteiger partial charge in [-0.3, -0.25) is 9.59 Å². The number of pyridine rings is 1. The van der Waals surface area contributed by atoms with E-state index in [1.165, 1.54) is 17.5 Å². The number of likely N-dealkylation sites (tertiary alicyclic amines) is 1. The van der Waals surface area contributed by atoms with E-state index in [9.17, 15) is 9.59 Å². The Bertz CT molecular complexity index is 944. The molecule has 0 atom stereocenters. The molecule has 0 saturated carbocycles. The molecule has 0 aliphatic carbocycles. The summed E-state index contributed by atoms with van der Waals surface area (Å²) in [6.07, 6.45) is 6.66. The number of nitrogens with zero attached hydrogens (tertiary/aromatic N) is 3. The molecule has 4 rings (SSSR count). The minimum absolute atomic E-state index is 0.00368. The number of amides is 2. The fraction of sp³-hybridized carbons (Fsp3) is 0.480. The third-order valence-electron chi connectivity index (χ3n) is 6.60. The average molecular weight is 421 g/mol. The Balaban J connectivity index is 1.34. The lowest BCUT2D eigenvalue weighted by molar-refractivity contribution is -0.120. The molecule has 31 heavy (non-hydrogen) atoms. The zero-order valence-electron chi connectivity index (χ0n) is 18.6. The fourth-order valence-corrected chi connectivity index (χ4v) is 4.44. The number of anilines is 2. The molecule has 2 saturated heterocycles. The molecular formula is C25H32N4O2. The molecule has 0 unspecified atom stereocenters. The zero-order valence-corrected chi connectivity index (χ0v) is 18.6.